The van der Waals surface area contributed by atoms with Crippen molar-refractivity contribution in [2.24, 2.45) is 0 Å². The number of piperazine rings is 1. The van der Waals surface area contributed by atoms with Crippen LogP contribution in [0.15, 0.2) is 12.1 Å². The molecule has 1 aliphatic heterocycles. The first kappa shape index (κ1) is 17.3. The van der Waals surface area contributed by atoms with Crippen LogP contribution in [0.4, 0.5) is 0 Å². The molecule has 2 unspecified atom stereocenters. The van der Waals surface area contributed by atoms with Gasteiger partial charge in [-0.25, -0.2) is 0 Å². The molecule has 1 aliphatic rings. The fourth-order valence-electron chi connectivity index (χ4n) is 2.75. The lowest BCUT2D eigenvalue weighted by molar-refractivity contribution is -0.144. The van der Waals surface area contributed by atoms with E-state index in [1.54, 1.807) is 12.1 Å². The summed E-state index contributed by atoms with van der Waals surface area (Å²) in [6, 6.07) is 2.76. The van der Waals surface area contributed by atoms with E-state index >= 15 is 0 Å². The van der Waals surface area contributed by atoms with Gasteiger partial charge in [0.05, 0.1) is 17.2 Å². The van der Waals surface area contributed by atoms with Crippen molar-refractivity contribution < 1.29 is 14.6 Å². The van der Waals surface area contributed by atoms with Gasteiger partial charge in [0, 0.05) is 25.7 Å². The van der Waals surface area contributed by atoms with Crippen molar-refractivity contribution >= 4 is 29.2 Å². The normalized spacial score (nSPS) is 21.6. The Kier molecular flexibility index (Phi) is 5.55. The maximum Gasteiger partial charge on any atom is 0.325 e. The van der Waals surface area contributed by atoms with Gasteiger partial charge in [-0.1, -0.05) is 23.2 Å². The number of carbonyl (C=O) groups is 1. The van der Waals surface area contributed by atoms with Crippen molar-refractivity contribution in [1.29, 1.82) is 0 Å². The summed E-state index contributed by atoms with van der Waals surface area (Å²) in [6.45, 7) is 4.26. The molecule has 1 heterocycles. The molecule has 22 heavy (non-hydrogen) atoms. The zero-order valence-electron chi connectivity index (χ0n) is 12.8. The number of nitrogens with zero attached hydrogens (tertiary/aromatic N) is 2. The number of methoxy groups -OCH3 is 1. The van der Waals surface area contributed by atoms with Crippen LogP contribution in [0, 0.1) is 0 Å². The fraction of sp³-hybridized carbons (Fsp3) is 0.533. The van der Waals surface area contributed by atoms with Gasteiger partial charge in [-0.05, 0) is 31.7 Å². The first-order chi connectivity index (χ1) is 10.3. The Balaban J connectivity index is 2.35. The molecule has 2 atom stereocenters. The number of carboxylic acid groups (broad SMARTS) is 1. The first-order valence-electron chi connectivity index (χ1n) is 7.05. The zero-order valence-corrected chi connectivity index (χ0v) is 14.4. The molecule has 2 rings (SSSR count). The Morgan fingerprint density at radius 3 is 2.41 bits per heavy atom. The summed E-state index contributed by atoms with van der Waals surface area (Å²) in [7, 11) is 3.52. The largest absolute Gasteiger partial charge is 0.494 e. The lowest BCUT2D eigenvalue weighted by atomic mass is 10.0. The van der Waals surface area contributed by atoms with Crippen molar-refractivity contribution in [3.05, 3.63) is 27.7 Å². The lowest BCUT2D eigenvalue weighted by Crippen LogP contribution is -2.52. The Hall–Kier alpha value is -1.01. The van der Waals surface area contributed by atoms with Gasteiger partial charge >= 0.3 is 5.97 Å². The van der Waals surface area contributed by atoms with Crippen molar-refractivity contribution in [1.82, 2.24) is 9.80 Å². The van der Waals surface area contributed by atoms with Gasteiger partial charge in [0.15, 0.2) is 5.75 Å². The van der Waals surface area contributed by atoms with E-state index in [1.807, 2.05) is 11.9 Å². The highest BCUT2D eigenvalue weighted by molar-refractivity contribution is 6.37. The average Bonchev–Trinajstić information content (AvgIpc) is 2.42. The van der Waals surface area contributed by atoms with E-state index in [2.05, 4.69) is 11.8 Å². The molecule has 5 nitrogen and oxygen atoms in total. The molecule has 1 saturated heterocycles. The van der Waals surface area contributed by atoms with Crippen molar-refractivity contribution in [2.75, 3.05) is 33.8 Å². The Morgan fingerprint density at radius 1 is 1.36 bits per heavy atom. The van der Waals surface area contributed by atoms with Gasteiger partial charge in [0.25, 0.3) is 0 Å². The van der Waals surface area contributed by atoms with E-state index in [9.17, 15) is 9.90 Å². The minimum atomic E-state index is -0.908. The van der Waals surface area contributed by atoms with Gasteiger partial charge in [-0.2, -0.15) is 0 Å². The van der Waals surface area contributed by atoms with Crippen LogP contribution in [0.1, 0.15) is 18.5 Å². The summed E-state index contributed by atoms with van der Waals surface area (Å²) in [4.78, 5) is 15.9. The zero-order chi connectivity index (χ0) is 16.4. The monoisotopic (exact) mass is 346 g/mol. The number of hydrogen-bond donors (Lipinski definition) is 1. The van der Waals surface area contributed by atoms with E-state index in [-0.39, 0.29) is 0 Å². The van der Waals surface area contributed by atoms with E-state index in [0.717, 1.165) is 6.54 Å². The number of aliphatic carboxylic acids is 1. The van der Waals surface area contributed by atoms with E-state index < -0.39 is 12.0 Å². The number of carboxylic acids is 1. The number of hydrogen-bond acceptors (Lipinski definition) is 4. The molecule has 7 heteroatoms. The highest BCUT2D eigenvalue weighted by atomic mass is 35.5. The molecule has 0 aliphatic carbocycles. The summed E-state index contributed by atoms with van der Waals surface area (Å²) >= 11 is 12.3. The van der Waals surface area contributed by atoms with E-state index in [4.69, 9.17) is 27.9 Å². The average molecular weight is 347 g/mol. The molecule has 1 N–H and O–H groups in total. The van der Waals surface area contributed by atoms with Crippen LogP contribution in [-0.2, 0) is 4.79 Å². The van der Waals surface area contributed by atoms with Gasteiger partial charge in [0.1, 0.15) is 6.04 Å². The number of likely N-dealkylation sites (N-methyl/N-ethyl adjacent to an activating group) is 1. The number of benzene rings is 1. The minimum Gasteiger partial charge on any atom is -0.494 e. The number of halogens is 2. The van der Waals surface area contributed by atoms with Crippen LogP contribution in [0.25, 0.3) is 0 Å². The van der Waals surface area contributed by atoms with Crippen LogP contribution in [0.2, 0.25) is 10.0 Å². The molecule has 122 valence electrons. The van der Waals surface area contributed by atoms with E-state index in [0.29, 0.717) is 40.5 Å². The second kappa shape index (κ2) is 7.04. The molecular weight excluding hydrogens is 327 g/mol. The minimum absolute atomic E-state index is 0.291. The topological polar surface area (TPSA) is 53.0 Å². The first-order valence-corrected chi connectivity index (χ1v) is 7.80. The van der Waals surface area contributed by atoms with Crippen molar-refractivity contribution in [2.45, 2.75) is 19.0 Å². The van der Waals surface area contributed by atoms with Gasteiger partial charge in [0.2, 0.25) is 0 Å². The van der Waals surface area contributed by atoms with Gasteiger partial charge < -0.3 is 14.7 Å². The van der Waals surface area contributed by atoms with Crippen LogP contribution < -0.4 is 4.74 Å². The molecule has 0 aromatic heterocycles. The second-order valence-electron chi connectivity index (χ2n) is 5.58. The summed E-state index contributed by atoms with van der Waals surface area (Å²) in [5.41, 5.74) is 0.569. The molecular formula is C15H20Cl2N2O3. The summed E-state index contributed by atoms with van der Waals surface area (Å²) in [5.74, 6) is -0.544. The molecule has 0 saturated carbocycles. The predicted octanol–water partition coefficient (Wildman–Crippen LogP) is 2.76. The van der Waals surface area contributed by atoms with Crippen molar-refractivity contribution in [3.63, 3.8) is 0 Å². The fourth-order valence-corrected chi connectivity index (χ4v) is 3.41. The molecule has 0 amide bonds. The SMILES string of the molecule is COc1c(Cl)cc(C(C(=O)O)N2CCN(C)C(C)C2)cc1Cl. The van der Waals surface area contributed by atoms with Gasteiger partial charge in [-0.3, -0.25) is 9.69 Å². The molecule has 0 bridgehead atoms. The van der Waals surface area contributed by atoms with Gasteiger partial charge in [-0.15, -0.1) is 0 Å². The summed E-state index contributed by atoms with van der Waals surface area (Å²) in [6.07, 6.45) is 0. The van der Waals surface area contributed by atoms with Crippen LogP contribution >= 0.6 is 23.2 Å². The lowest BCUT2D eigenvalue weighted by Gasteiger charge is -2.40. The highest BCUT2D eigenvalue weighted by Gasteiger charge is 2.33. The maximum atomic E-state index is 11.8. The third-order valence-corrected chi connectivity index (χ3v) is 4.69. The molecule has 1 aromatic rings. The smallest absolute Gasteiger partial charge is 0.325 e. The van der Waals surface area contributed by atoms with Crippen LogP contribution in [0.3, 0.4) is 0 Å². The summed E-state index contributed by atoms with van der Waals surface area (Å²) < 4.78 is 5.12. The quantitative estimate of drug-likeness (QED) is 0.908. The van der Waals surface area contributed by atoms with E-state index in [1.165, 1.54) is 7.11 Å². The summed E-state index contributed by atoms with van der Waals surface area (Å²) in [5, 5.41) is 10.3. The molecule has 0 spiro atoms. The third-order valence-electron chi connectivity index (χ3n) is 4.13. The number of ether oxygens (including phenoxy) is 1. The Morgan fingerprint density at radius 2 is 1.95 bits per heavy atom. The third kappa shape index (κ3) is 3.49. The molecule has 1 fully saturated rings. The second-order valence-corrected chi connectivity index (χ2v) is 6.40. The maximum absolute atomic E-state index is 11.8. The van der Waals surface area contributed by atoms with Crippen molar-refractivity contribution in [3.8, 4) is 5.75 Å². The Labute approximate surface area is 140 Å². The van der Waals surface area contributed by atoms with Crippen LogP contribution in [-0.4, -0.2) is 60.7 Å². The molecule has 0 radical (unpaired) electrons. The molecule has 1 aromatic carbocycles. The number of rotatable bonds is 4. The highest BCUT2D eigenvalue weighted by Crippen LogP contribution is 2.37. The Bertz CT molecular complexity index is 545. The predicted molar refractivity (Wildman–Crippen MR) is 87.1 cm³/mol. The van der Waals surface area contributed by atoms with Crippen LogP contribution in [0.5, 0.6) is 5.75 Å². The standard InChI is InChI=1S/C15H20Cl2N2O3/c1-9-8-19(5-4-18(9)2)13(15(20)21)10-6-11(16)14(22-3)12(17)7-10/h6-7,9,13H,4-5,8H2,1-3H3,(H,20,21).